The summed E-state index contributed by atoms with van der Waals surface area (Å²) in [6, 6.07) is 13.7. The Labute approximate surface area is 161 Å². The minimum atomic E-state index is -0.210. The largest absolute Gasteiger partial charge is 0.486 e. The molecule has 0 saturated heterocycles. The first-order chi connectivity index (χ1) is 13.2. The van der Waals surface area contributed by atoms with Crippen LogP contribution in [0.15, 0.2) is 53.9 Å². The summed E-state index contributed by atoms with van der Waals surface area (Å²) >= 11 is 1.38. The summed E-state index contributed by atoms with van der Waals surface area (Å²) in [6.45, 7) is 3.14. The van der Waals surface area contributed by atoms with Gasteiger partial charge in [-0.15, -0.1) is 11.3 Å². The van der Waals surface area contributed by atoms with Crippen LogP contribution >= 0.6 is 11.3 Å². The molecule has 1 aromatic heterocycles. The first-order valence-corrected chi connectivity index (χ1v) is 9.47. The number of hydrogen-bond donors (Lipinski definition) is 1. The molecule has 0 saturated carbocycles. The molecule has 136 valence electrons. The SMILES string of the molecule is Cc1ccc(/C=C/C(=O)Nc2nc(-c3ccc4c(c3)OCCO4)cs2)cc1. The summed E-state index contributed by atoms with van der Waals surface area (Å²) in [4.78, 5) is 16.6. The van der Waals surface area contributed by atoms with E-state index in [1.807, 2.05) is 54.8 Å². The van der Waals surface area contributed by atoms with Gasteiger partial charge in [0, 0.05) is 17.0 Å². The first-order valence-electron chi connectivity index (χ1n) is 8.59. The van der Waals surface area contributed by atoms with Gasteiger partial charge in [-0.05, 0) is 36.8 Å². The number of anilines is 1. The second kappa shape index (κ2) is 7.63. The normalized spacial score (nSPS) is 12.9. The molecule has 4 rings (SSSR count). The number of ether oxygens (including phenoxy) is 2. The number of thiazole rings is 1. The Morgan fingerprint density at radius 2 is 1.89 bits per heavy atom. The monoisotopic (exact) mass is 378 g/mol. The number of carbonyl (C=O) groups excluding carboxylic acids is 1. The summed E-state index contributed by atoms with van der Waals surface area (Å²) in [7, 11) is 0. The predicted molar refractivity (Wildman–Crippen MR) is 107 cm³/mol. The van der Waals surface area contributed by atoms with Crippen molar-refractivity contribution in [3.05, 3.63) is 65.0 Å². The topological polar surface area (TPSA) is 60.5 Å². The van der Waals surface area contributed by atoms with Crippen LogP contribution in [0.5, 0.6) is 11.5 Å². The van der Waals surface area contributed by atoms with Gasteiger partial charge < -0.3 is 9.47 Å². The molecule has 3 aromatic rings. The van der Waals surface area contributed by atoms with Crippen molar-refractivity contribution < 1.29 is 14.3 Å². The maximum Gasteiger partial charge on any atom is 0.250 e. The van der Waals surface area contributed by atoms with Gasteiger partial charge in [0.25, 0.3) is 0 Å². The molecule has 0 bridgehead atoms. The number of amides is 1. The summed E-state index contributed by atoms with van der Waals surface area (Å²) < 4.78 is 11.1. The molecule has 0 atom stereocenters. The minimum Gasteiger partial charge on any atom is -0.486 e. The Morgan fingerprint density at radius 3 is 2.70 bits per heavy atom. The molecule has 0 fully saturated rings. The maximum atomic E-state index is 12.1. The number of aryl methyl sites for hydroxylation is 1. The van der Waals surface area contributed by atoms with Gasteiger partial charge in [-0.1, -0.05) is 29.8 Å². The van der Waals surface area contributed by atoms with E-state index >= 15 is 0 Å². The van der Waals surface area contributed by atoms with Gasteiger partial charge in [0.2, 0.25) is 5.91 Å². The van der Waals surface area contributed by atoms with Crippen LogP contribution < -0.4 is 14.8 Å². The lowest BCUT2D eigenvalue weighted by atomic mass is 10.1. The van der Waals surface area contributed by atoms with Crippen LogP contribution in [0.25, 0.3) is 17.3 Å². The number of aromatic nitrogens is 1. The third-order valence-electron chi connectivity index (χ3n) is 4.08. The van der Waals surface area contributed by atoms with Gasteiger partial charge in [-0.3, -0.25) is 10.1 Å². The van der Waals surface area contributed by atoms with Crippen molar-refractivity contribution in [1.82, 2.24) is 4.98 Å². The quantitative estimate of drug-likeness (QED) is 0.677. The maximum absolute atomic E-state index is 12.1. The molecular formula is C21H18N2O3S. The number of nitrogens with one attached hydrogen (secondary N) is 1. The van der Waals surface area contributed by atoms with Crippen molar-refractivity contribution in [3.63, 3.8) is 0 Å². The van der Waals surface area contributed by atoms with E-state index in [9.17, 15) is 4.79 Å². The number of benzene rings is 2. The molecule has 0 unspecified atom stereocenters. The van der Waals surface area contributed by atoms with Crippen molar-refractivity contribution in [2.45, 2.75) is 6.92 Å². The van der Waals surface area contributed by atoms with E-state index < -0.39 is 0 Å². The molecule has 1 amide bonds. The summed E-state index contributed by atoms with van der Waals surface area (Å²) in [5.41, 5.74) is 3.87. The van der Waals surface area contributed by atoms with E-state index in [0.29, 0.717) is 18.3 Å². The standard InChI is InChI=1S/C21H18N2O3S/c1-14-2-4-15(5-3-14)6-9-20(24)23-21-22-17(13-27-21)16-7-8-18-19(12-16)26-11-10-25-18/h2-9,12-13H,10-11H2,1H3,(H,22,23,24)/b9-6+. The zero-order valence-corrected chi connectivity index (χ0v) is 15.6. The Bertz CT molecular complexity index is 993. The van der Waals surface area contributed by atoms with Crippen molar-refractivity contribution in [3.8, 4) is 22.8 Å². The van der Waals surface area contributed by atoms with E-state index in [4.69, 9.17) is 9.47 Å². The molecule has 0 aliphatic carbocycles. The Kier molecular flexibility index (Phi) is 4.89. The van der Waals surface area contributed by atoms with Crippen molar-refractivity contribution >= 4 is 28.5 Å². The van der Waals surface area contributed by atoms with E-state index in [0.717, 1.165) is 28.3 Å². The molecule has 2 aromatic carbocycles. The lowest BCUT2D eigenvalue weighted by Gasteiger charge is -2.18. The average Bonchev–Trinajstić information content (AvgIpc) is 3.15. The second-order valence-electron chi connectivity index (χ2n) is 6.13. The molecule has 0 spiro atoms. The third-order valence-corrected chi connectivity index (χ3v) is 4.83. The van der Waals surface area contributed by atoms with Gasteiger partial charge in [-0.25, -0.2) is 4.98 Å². The smallest absolute Gasteiger partial charge is 0.250 e. The molecular weight excluding hydrogens is 360 g/mol. The zero-order valence-electron chi connectivity index (χ0n) is 14.8. The van der Waals surface area contributed by atoms with E-state index in [1.54, 1.807) is 6.08 Å². The number of carbonyl (C=O) groups is 1. The van der Waals surface area contributed by atoms with Gasteiger partial charge in [0.05, 0.1) is 5.69 Å². The highest BCUT2D eigenvalue weighted by molar-refractivity contribution is 7.14. The van der Waals surface area contributed by atoms with Crippen LogP contribution in [0.1, 0.15) is 11.1 Å². The van der Waals surface area contributed by atoms with E-state index in [-0.39, 0.29) is 5.91 Å². The fourth-order valence-corrected chi connectivity index (χ4v) is 3.39. The fourth-order valence-electron chi connectivity index (χ4n) is 2.66. The molecule has 1 N–H and O–H groups in total. The van der Waals surface area contributed by atoms with Crippen LogP contribution in [-0.2, 0) is 4.79 Å². The van der Waals surface area contributed by atoms with Crippen LogP contribution in [0.2, 0.25) is 0 Å². The molecule has 27 heavy (non-hydrogen) atoms. The first kappa shape index (κ1) is 17.3. The fraction of sp³-hybridized carbons (Fsp3) is 0.143. The van der Waals surface area contributed by atoms with Gasteiger partial charge >= 0.3 is 0 Å². The van der Waals surface area contributed by atoms with Crippen LogP contribution in [0.3, 0.4) is 0 Å². The number of nitrogens with zero attached hydrogens (tertiary/aromatic N) is 1. The third kappa shape index (κ3) is 4.17. The number of hydrogen-bond acceptors (Lipinski definition) is 5. The highest BCUT2D eigenvalue weighted by atomic mass is 32.1. The molecule has 0 radical (unpaired) electrons. The predicted octanol–water partition coefficient (Wildman–Crippen LogP) is 4.54. The summed E-state index contributed by atoms with van der Waals surface area (Å²) in [5, 5.41) is 5.26. The molecule has 6 heteroatoms. The number of rotatable bonds is 4. The zero-order chi connectivity index (χ0) is 18.6. The second-order valence-corrected chi connectivity index (χ2v) is 6.99. The Hall–Kier alpha value is -3.12. The van der Waals surface area contributed by atoms with Crippen LogP contribution in [0.4, 0.5) is 5.13 Å². The van der Waals surface area contributed by atoms with E-state index in [1.165, 1.54) is 23.0 Å². The van der Waals surface area contributed by atoms with Crippen LogP contribution in [0, 0.1) is 6.92 Å². The highest BCUT2D eigenvalue weighted by Crippen LogP contribution is 2.35. The molecule has 2 heterocycles. The lowest BCUT2D eigenvalue weighted by Crippen LogP contribution is -2.15. The highest BCUT2D eigenvalue weighted by Gasteiger charge is 2.14. The number of fused-ring (bicyclic) bond motifs is 1. The van der Waals surface area contributed by atoms with E-state index in [2.05, 4.69) is 10.3 Å². The van der Waals surface area contributed by atoms with Gasteiger partial charge in [0.1, 0.15) is 13.2 Å². The van der Waals surface area contributed by atoms with Crippen molar-refractivity contribution in [1.29, 1.82) is 0 Å². The summed E-state index contributed by atoms with van der Waals surface area (Å²) in [5.74, 6) is 1.26. The van der Waals surface area contributed by atoms with Gasteiger partial charge in [-0.2, -0.15) is 0 Å². The van der Waals surface area contributed by atoms with Gasteiger partial charge in [0.15, 0.2) is 16.6 Å². The van der Waals surface area contributed by atoms with Crippen LogP contribution in [-0.4, -0.2) is 24.1 Å². The lowest BCUT2D eigenvalue weighted by molar-refractivity contribution is -0.111. The molecule has 5 nitrogen and oxygen atoms in total. The van der Waals surface area contributed by atoms with Crippen molar-refractivity contribution in [2.75, 3.05) is 18.5 Å². The Morgan fingerprint density at radius 1 is 1.11 bits per heavy atom. The van der Waals surface area contributed by atoms with Crippen molar-refractivity contribution in [2.24, 2.45) is 0 Å². The molecule has 1 aliphatic rings. The Balaban J connectivity index is 1.43. The average molecular weight is 378 g/mol. The minimum absolute atomic E-state index is 0.210. The molecule has 1 aliphatic heterocycles. The summed E-state index contributed by atoms with van der Waals surface area (Å²) in [6.07, 6.45) is 3.29.